The molecule has 0 fully saturated rings. The topological polar surface area (TPSA) is 130 Å². The maximum absolute atomic E-state index is 11.9. The summed E-state index contributed by atoms with van der Waals surface area (Å²) in [5.74, 6) is -2.70. The van der Waals surface area contributed by atoms with Gasteiger partial charge in [0.15, 0.2) is 0 Å². The van der Waals surface area contributed by atoms with Gasteiger partial charge in [0.1, 0.15) is 6.54 Å². The normalized spacial score (nSPS) is 10.8. The van der Waals surface area contributed by atoms with Crippen molar-refractivity contribution in [3.05, 3.63) is 29.8 Å². The minimum Gasteiger partial charge on any atom is -0.480 e. The maximum atomic E-state index is 11.9. The molecule has 3 N–H and O–H groups in total. The number of hydrogen-bond donors (Lipinski definition) is 3. The van der Waals surface area contributed by atoms with Crippen molar-refractivity contribution in [3.63, 3.8) is 0 Å². The van der Waals surface area contributed by atoms with E-state index < -0.39 is 34.4 Å². The van der Waals surface area contributed by atoms with E-state index in [9.17, 15) is 22.8 Å². The molecule has 0 saturated heterocycles. The minimum absolute atomic E-state index is 0.0539. The summed E-state index contributed by atoms with van der Waals surface area (Å²) in [6.45, 7) is 1.24. The third kappa shape index (κ3) is 5.92. The van der Waals surface area contributed by atoms with E-state index in [1.165, 1.54) is 12.1 Å². The van der Waals surface area contributed by atoms with Crippen LogP contribution in [0.15, 0.2) is 29.2 Å². The number of amides is 2. The second-order valence-electron chi connectivity index (χ2n) is 4.51. The first-order valence-electron chi connectivity index (χ1n) is 6.31. The maximum Gasteiger partial charge on any atom is 0.322 e. The fourth-order valence-electron chi connectivity index (χ4n) is 1.47. The van der Waals surface area contributed by atoms with E-state index in [1.54, 1.807) is 19.1 Å². The van der Waals surface area contributed by atoms with Gasteiger partial charge in [0.25, 0.3) is 10.0 Å². The van der Waals surface area contributed by atoms with Gasteiger partial charge in [-0.1, -0.05) is 17.7 Å². The molecule has 2 amide bonds. The molecule has 0 aromatic heterocycles. The number of carboxylic acids is 1. The van der Waals surface area contributed by atoms with E-state index in [-0.39, 0.29) is 17.7 Å². The summed E-state index contributed by atoms with van der Waals surface area (Å²) in [7, 11) is -3.98. The van der Waals surface area contributed by atoms with Crippen molar-refractivity contribution in [2.45, 2.75) is 24.7 Å². The molecule has 8 nitrogen and oxygen atoms in total. The number of carboxylic acid groups (broad SMARTS) is 1. The summed E-state index contributed by atoms with van der Waals surface area (Å²) in [5, 5.41) is 10.4. The monoisotopic (exact) mass is 328 g/mol. The molecule has 0 aliphatic carbocycles. The fraction of sp³-hybridized carbons (Fsp3) is 0.308. The van der Waals surface area contributed by atoms with Gasteiger partial charge in [0.05, 0.1) is 4.90 Å². The van der Waals surface area contributed by atoms with Gasteiger partial charge >= 0.3 is 5.97 Å². The highest BCUT2D eigenvalue weighted by Crippen LogP contribution is 2.10. The highest BCUT2D eigenvalue weighted by atomic mass is 32.2. The molecular weight excluding hydrogens is 312 g/mol. The lowest BCUT2D eigenvalue weighted by Gasteiger charge is -2.07. The standard InChI is InChI=1S/C13H16N2O6S/c1-9-2-4-10(5-3-9)22(20,21)15-12(17)7-6-11(16)14-8-13(18)19/h2-5H,6-8H2,1H3,(H,14,16)(H,15,17)(H,18,19). The Labute approximate surface area is 127 Å². The summed E-state index contributed by atoms with van der Waals surface area (Å²) in [5.41, 5.74) is 0.875. The molecule has 22 heavy (non-hydrogen) atoms. The van der Waals surface area contributed by atoms with Crippen LogP contribution in [0, 0.1) is 6.92 Å². The molecule has 1 aromatic carbocycles. The fourth-order valence-corrected chi connectivity index (χ4v) is 2.48. The van der Waals surface area contributed by atoms with Crippen molar-refractivity contribution in [3.8, 4) is 0 Å². The number of carbonyl (C=O) groups is 3. The van der Waals surface area contributed by atoms with Crippen molar-refractivity contribution >= 4 is 27.8 Å². The third-order valence-electron chi connectivity index (χ3n) is 2.60. The zero-order chi connectivity index (χ0) is 16.8. The molecule has 0 spiro atoms. The highest BCUT2D eigenvalue weighted by molar-refractivity contribution is 7.90. The molecule has 0 saturated carbocycles. The molecule has 0 aliphatic rings. The van der Waals surface area contributed by atoms with Crippen LogP contribution in [0.3, 0.4) is 0 Å². The van der Waals surface area contributed by atoms with Gasteiger partial charge in [0.2, 0.25) is 11.8 Å². The molecule has 0 aliphatic heterocycles. The molecule has 120 valence electrons. The SMILES string of the molecule is Cc1ccc(S(=O)(=O)NC(=O)CCC(=O)NCC(=O)O)cc1. The third-order valence-corrected chi connectivity index (χ3v) is 3.98. The highest BCUT2D eigenvalue weighted by Gasteiger charge is 2.18. The quantitative estimate of drug-likeness (QED) is 0.634. The van der Waals surface area contributed by atoms with Crippen LogP contribution in [-0.2, 0) is 24.4 Å². The van der Waals surface area contributed by atoms with E-state index >= 15 is 0 Å². The van der Waals surface area contributed by atoms with Crippen LogP contribution in [0.4, 0.5) is 0 Å². The van der Waals surface area contributed by atoms with Crippen molar-refractivity contribution in [1.29, 1.82) is 0 Å². The van der Waals surface area contributed by atoms with Crippen LogP contribution in [0.25, 0.3) is 0 Å². The predicted octanol–water partition coefficient (Wildman–Crippen LogP) is -0.219. The first-order valence-corrected chi connectivity index (χ1v) is 7.80. The molecule has 1 rings (SSSR count). The van der Waals surface area contributed by atoms with Crippen molar-refractivity contribution in [2.24, 2.45) is 0 Å². The van der Waals surface area contributed by atoms with Gasteiger partial charge in [-0.05, 0) is 19.1 Å². The van der Waals surface area contributed by atoms with Gasteiger partial charge in [-0.3, -0.25) is 14.4 Å². The summed E-state index contributed by atoms with van der Waals surface area (Å²) in [6.07, 6.45) is -0.668. The largest absolute Gasteiger partial charge is 0.480 e. The van der Waals surface area contributed by atoms with E-state index in [4.69, 9.17) is 5.11 Å². The lowest BCUT2D eigenvalue weighted by atomic mass is 10.2. The number of sulfonamides is 1. The number of carbonyl (C=O) groups excluding carboxylic acids is 2. The minimum atomic E-state index is -3.98. The van der Waals surface area contributed by atoms with Gasteiger partial charge in [-0.15, -0.1) is 0 Å². The molecule has 0 atom stereocenters. The molecular formula is C13H16N2O6S. The van der Waals surface area contributed by atoms with Gasteiger partial charge < -0.3 is 10.4 Å². The van der Waals surface area contributed by atoms with Crippen molar-refractivity contribution < 1.29 is 27.9 Å². The van der Waals surface area contributed by atoms with Crippen LogP contribution in [0.1, 0.15) is 18.4 Å². The van der Waals surface area contributed by atoms with Crippen LogP contribution in [0.5, 0.6) is 0 Å². The van der Waals surface area contributed by atoms with E-state index in [1.807, 2.05) is 4.72 Å². The van der Waals surface area contributed by atoms with Crippen LogP contribution in [0.2, 0.25) is 0 Å². The lowest BCUT2D eigenvalue weighted by Crippen LogP contribution is -2.33. The Hall–Kier alpha value is -2.42. The zero-order valence-electron chi connectivity index (χ0n) is 11.8. The second kappa shape index (κ2) is 7.55. The summed E-state index contributed by atoms with van der Waals surface area (Å²) in [6, 6.07) is 5.92. The Morgan fingerprint density at radius 3 is 2.14 bits per heavy atom. The first kappa shape index (κ1) is 17.6. The molecule has 0 radical (unpaired) electrons. The number of rotatable bonds is 7. The summed E-state index contributed by atoms with van der Waals surface area (Å²) < 4.78 is 25.7. The van der Waals surface area contributed by atoms with Crippen molar-refractivity contribution in [1.82, 2.24) is 10.0 Å². The molecule has 0 unspecified atom stereocenters. The molecule has 0 bridgehead atoms. The van der Waals surface area contributed by atoms with Gasteiger partial charge in [-0.25, -0.2) is 13.1 Å². The summed E-state index contributed by atoms with van der Waals surface area (Å²) >= 11 is 0. The number of nitrogens with one attached hydrogen (secondary N) is 2. The number of aryl methyl sites for hydroxylation is 1. The van der Waals surface area contributed by atoms with Gasteiger partial charge in [-0.2, -0.15) is 0 Å². The number of hydrogen-bond acceptors (Lipinski definition) is 5. The van der Waals surface area contributed by atoms with Crippen LogP contribution in [-0.4, -0.2) is 37.9 Å². The average molecular weight is 328 g/mol. The van der Waals surface area contributed by atoms with Crippen LogP contribution >= 0.6 is 0 Å². The predicted molar refractivity (Wildman–Crippen MR) is 76.4 cm³/mol. The van der Waals surface area contributed by atoms with Crippen LogP contribution < -0.4 is 10.0 Å². The van der Waals surface area contributed by atoms with E-state index in [0.29, 0.717) is 0 Å². The Bertz CT molecular complexity index is 666. The smallest absolute Gasteiger partial charge is 0.322 e. The Morgan fingerprint density at radius 1 is 1.05 bits per heavy atom. The molecule has 9 heteroatoms. The molecule has 0 heterocycles. The van der Waals surface area contributed by atoms with Crippen molar-refractivity contribution in [2.75, 3.05) is 6.54 Å². The molecule has 1 aromatic rings. The number of aliphatic carboxylic acids is 1. The Morgan fingerprint density at radius 2 is 1.59 bits per heavy atom. The number of benzene rings is 1. The Balaban J connectivity index is 2.52. The van der Waals surface area contributed by atoms with E-state index in [2.05, 4.69) is 5.32 Å². The van der Waals surface area contributed by atoms with E-state index in [0.717, 1.165) is 5.56 Å². The lowest BCUT2D eigenvalue weighted by molar-refractivity contribution is -0.138. The van der Waals surface area contributed by atoms with Gasteiger partial charge in [0, 0.05) is 12.8 Å². The zero-order valence-corrected chi connectivity index (χ0v) is 12.6. The first-order chi connectivity index (χ1) is 10.2. The second-order valence-corrected chi connectivity index (χ2v) is 6.19. The summed E-state index contributed by atoms with van der Waals surface area (Å²) in [4.78, 5) is 33.0. The average Bonchev–Trinajstić information content (AvgIpc) is 2.43. The Kier molecular flexibility index (Phi) is 6.05.